The zero-order valence-corrected chi connectivity index (χ0v) is 15.5. The van der Waals surface area contributed by atoms with E-state index in [2.05, 4.69) is 20.6 Å². The van der Waals surface area contributed by atoms with Gasteiger partial charge in [0.25, 0.3) is 5.91 Å². The third kappa shape index (κ3) is 3.25. The summed E-state index contributed by atoms with van der Waals surface area (Å²) >= 11 is 0. The molecule has 1 aliphatic rings. The van der Waals surface area contributed by atoms with Gasteiger partial charge in [-0.3, -0.25) is 4.79 Å². The van der Waals surface area contributed by atoms with Gasteiger partial charge in [-0.15, -0.1) is 10.2 Å². The first-order valence-electron chi connectivity index (χ1n) is 9.18. The van der Waals surface area contributed by atoms with Crippen LogP contribution in [-0.2, 0) is 4.79 Å². The minimum Gasteiger partial charge on any atom is -0.482 e. The molecule has 2 aromatic heterocycles. The Bertz CT molecular complexity index is 1190. The van der Waals surface area contributed by atoms with E-state index in [1.54, 1.807) is 16.9 Å². The molecule has 2 atom stereocenters. The fraction of sp³-hybridized carbons (Fsp3) is 0.143. The topological polar surface area (TPSA) is 90.6 Å². The number of carbonyl (C=O) groups excluding carboxylic acids is 1. The van der Waals surface area contributed by atoms with Gasteiger partial charge in [-0.05, 0) is 43.3 Å². The van der Waals surface area contributed by atoms with Crippen molar-refractivity contribution >= 4 is 17.2 Å². The maximum atomic E-state index is 12.7. The number of hydrogen-bond donors (Lipinski definition) is 1. The Morgan fingerprint density at radius 3 is 2.55 bits per heavy atom. The quantitative estimate of drug-likeness (QED) is 0.581. The lowest BCUT2D eigenvalue weighted by Gasteiger charge is -2.31. The van der Waals surface area contributed by atoms with Gasteiger partial charge in [0.1, 0.15) is 12.4 Å². The van der Waals surface area contributed by atoms with E-state index in [1.165, 1.54) is 0 Å². The molecule has 0 bridgehead atoms. The van der Waals surface area contributed by atoms with E-state index in [4.69, 9.17) is 9.47 Å². The first kappa shape index (κ1) is 17.2. The normalized spacial score (nSPS) is 17.8. The van der Waals surface area contributed by atoms with Crippen LogP contribution in [0.25, 0.3) is 16.9 Å². The molecule has 4 aromatic rings. The van der Waals surface area contributed by atoms with Gasteiger partial charge in [0, 0.05) is 11.3 Å². The van der Waals surface area contributed by atoms with Crippen molar-refractivity contribution in [2.45, 2.75) is 19.1 Å². The Morgan fingerprint density at radius 2 is 1.76 bits per heavy atom. The summed E-state index contributed by atoms with van der Waals surface area (Å²) in [6, 6.07) is 18.5. The smallest absolute Gasteiger partial charge is 0.269 e. The Kier molecular flexibility index (Phi) is 4.09. The first-order chi connectivity index (χ1) is 14.2. The molecule has 0 aliphatic carbocycles. The van der Waals surface area contributed by atoms with Crippen molar-refractivity contribution in [1.29, 1.82) is 0 Å². The van der Waals surface area contributed by atoms with Crippen LogP contribution in [0.5, 0.6) is 11.5 Å². The van der Waals surface area contributed by atoms with E-state index < -0.39 is 12.2 Å². The highest BCUT2D eigenvalue weighted by Crippen LogP contribution is 2.33. The van der Waals surface area contributed by atoms with Crippen molar-refractivity contribution in [3.05, 3.63) is 67.0 Å². The van der Waals surface area contributed by atoms with Crippen molar-refractivity contribution in [1.82, 2.24) is 19.8 Å². The van der Waals surface area contributed by atoms with Crippen LogP contribution < -0.4 is 14.8 Å². The Balaban J connectivity index is 1.31. The van der Waals surface area contributed by atoms with Crippen molar-refractivity contribution < 1.29 is 14.3 Å². The summed E-state index contributed by atoms with van der Waals surface area (Å²) in [5.74, 6) is 0.950. The average molecular weight is 387 g/mol. The van der Waals surface area contributed by atoms with E-state index in [1.807, 2.05) is 61.5 Å². The molecule has 8 nitrogen and oxygen atoms in total. The van der Waals surface area contributed by atoms with E-state index in [0.29, 0.717) is 22.8 Å². The molecule has 1 N–H and O–H groups in total. The predicted molar refractivity (Wildman–Crippen MR) is 106 cm³/mol. The molecule has 8 heteroatoms. The highest BCUT2D eigenvalue weighted by Gasteiger charge is 2.34. The number of fused-ring (bicyclic) bond motifs is 2. The van der Waals surface area contributed by atoms with Crippen LogP contribution in [0.3, 0.4) is 0 Å². The minimum absolute atomic E-state index is 0.260. The zero-order chi connectivity index (χ0) is 19.8. The van der Waals surface area contributed by atoms with Gasteiger partial charge in [-0.1, -0.05) is 24.3 Å². The number of carbonyl (C=O) groups is 1. The van der Waals surface area contributed by atoms with Gasteiger partial charge in [0.2, 0.25) is 6.10 Å². The Labute approximate surface area is 166 Å². The molecule has 29 heavy (non-hydrogen) atoms. The Hall–Kier alpha value is -3.94. The van der Waals surface area contributed by atoms with Gasteiger partial charge in [-0.25, -0.2) is 0 Å². The molecule has 0 saturated heterocycles. The largest absolute Gasteiger partial charge is 0.482 e. The minimum atomic E-state index is -0.734. The number of anilines is 1. The number of hydrogen-bond acceptors (Lipinski definition) is 6. The second kappa shape index (κ2) is 6.90. The third-order valence-corrected chi connectivity index (χ3v) is 4.71. The molecule has 0 radical (unpaired) electrons. The number of nitrogens with zero attached hydrogens (tertiary/aromatic N) is 4. The summed E-state index contributed by atoms with van der Waals surface area (Å²) < 4.78 is 13.3. The van der Waals surface area contributed by atoms with Crippen LogP contribution in [0, 0.1) is 0 Å². The van der Waals surface area contributed by atoms with Crippen LogP contribution in [0.1, 0.15) is 6.92 Å². The molecule has 2 aromatic carbocycles. The molecule has 3 heterocycles. The summed E-state index contributed by atoms with van der Waals surface area (Å²) in [5.41, 5.74) is 3.05. The molecule has 0 saturated carbocycles. The van der Waals surface area contributed by atoms with Gasteiger partial charge in [0.05, 0.1) is 5.69 Å². The number of ether oxygens (including phenoxy) is 2. The maximum absolute atomic E-state index is 12.7. The molecule has 144 valence electrons. The average Bonchev–Trinajstić information content (AvgIpc) is 3.21. The lowest BCUT2D eigenvalue weighted by molar-refractivity contribution is -0.128. The zero-order valence-electron chi connectivity index (χ0n) is 15.5. The maximum Gasteiger partial charge on any atom is 0.269 e. The molecule has 0 spiro atoms. The van der Waals surface area contributed by atoms with Crippen LogP contribution in [0.15, 0.2) is 67.0 Å². The van der Waals surface area contributed by atoms with Crippen LogP contribution in [0.4, 0.5) is 5.69 Å². The van der Waals surface area contributed by atoms with Gasteiger partial charge >= 0.3 is 0 Å². The number of nitrogens with one attached hydrogen (secondary N) is 1. The lowest BCUT2D eigenvalue weighted by atomic mass is 10.1. The number of para-hydroxylation sites is 2. The third-order valence-electron chi connectivity index (χ3n) is 4.71. The summed E-state index contributed by atoms with van der Waals surface area (Å²) in [6.07, 6.45) is 0.421. The molecule has 5 rings (SSSR count). The summed E-state index contributed by atoms with van der Waals surface area (Å²) in [6.45, 7) is 1.82. The second-order valence-corrected chi connectivity index (χ2v) is 6.73. The lowest BCUT2D eigenvalue weighted by Crippen LogP contribution is -2.46. The van der Waals surface area contributed by atoms with Crippen LogP contribution in [-0.4, -0.2) is 37.9 Å². The summed E-state index contributed by atoms with van der Waals surface area (Å²) in [7, 11) is 0. The van der Waals surface area contributed by atoms with Gasteiger partial charge < -0.3 is 14.8 Å². The predicted octanol–water partition coefficient (Wildman–Crippen LogP) is 2.96. The molecular formula is C21H17N5O3. The molecule has 1 amide bonds. The molecule has 2 unspecified atom stereocenters. The number of rotatable bonds is 3. The molecule has 1 aliphatic heterocycles. The summed E-state index contributed by atoms with van der Waals surface area (Å²) in [5, 5.41) is 15.1. The second-order valence-electron chi connectivity index (χ2n) is 6.73. The number of benzene rings is 2. The monoisotopic (exact) mass is 387 g/mol. The van der Waals surface area contributed by atoms with E-state index in [-0.39, 0.29) is 5.91 Å². The van der Waals surface area contributed by atoms with Crippen molar-refractivity contribution in [3.63, 3.8) is 0 Å². The van der Waals surface area contributed by atoms with Crippen molar-refractivity contribution in [3.8, 4) is 22.8 Å². The van der Waals surface area contributed by atoms with E-state index >= 15 is 0 Å². The van der Waals surface area contributed by atoms with E-state index in [9.17, 15) is 4.79 Å². The van der Waals surface area contributed by atoms with Crippen LogP contribution in [0.2, 0.25) is 0 Å². The number of aromatic nitrogens is 4. The highest BCUT2D eigenvalue weighted by molar-refractivity contribution is 5.95. The van der Waals surface area contributed by atoms with Crippen molar-refractivity contribution in [2.24, 2.45) is 0 Å². The fourth-order valence-corrected chi connectivity index (χ4v) is 3.23. The standard InChI is InChI=1S/C21H17N5O3/c1-13-20(29-18-5-3-2-4-17(18)28-13)21(27)23-15-8-6-14(7-9-15)16-10-11-19-24-22-12-26(19)25-16/h2-13,20H,1H3,(H,23,27). The van der Waals surface area contributed by atoms with Crippen molar-refractivity contribution in [2.75, 3.05) is 5.32 Å². The van der Waals surface area contributed by atoms with Gasteiger partial charge in [-0.2, -0.15) is 9.61 Å². The van der Waals surface area contributed by atoms with Gasteiger partial charge in [0.15, 0.2) is 17.1 Å². The number of amides is 1. The van der Waals surface area contributed by atoms with E-state index in [0.717, 1.165) is 11.3 Å². The highest BCUT2D eigenvalue weighted by atomic mass is 16.6. The Morgan fingerprint density at radius 1 is 1.00 bits per heavy atom. The molecular weight excluding hydrogens is 370 g/mol. The summed E-state index contributed by atoms with van der Waals surface area (Å²) in [4.78, 5) is 12.7. The SMILES string of the molecule is CC1Oc2ccccc2OC1C(=O)Nc1ccc(-c2ccc3nncn3n2)cc1. The first-order valence-corrected chi connectivity index (χ1v) is 9.18. The van der Waals surface area contributed by atoms with Crippen LogP contribution >= 0.6 is 0 Å². The molecule has 0 fully saturated rings. The fourth-order valence-electron chi connectivity index (χ4n) is 3.23.